The molecule has 0 saturated heterocycles. The Balaban J connectivity index is 1.20. The van der Waals surface area contributed by atoms with Crippen LogP contribution >= 0.6 is 0 Å². The van der Waals surface area contributed by atoms with E-state index in [4.69, 9.17) is 9.63 Å². The molecule has 0 fully saturated rings. The molecule has 13 heteroatoms. The SMILES string of the molecule is O=C(NCCc1noc(-c2ccccc2)n1)Nc1cn2cc(-c3cccc(S(=O)(=O)NCCO)c3)ccc2n1. The van der Waals surface area contributed by atoms with Gasteiger partial charge in [0.15, 0.2) is 11.6 Å². The van der Waals surface area contributed by atoms with Crippen molar-refractivity contribution in [1.29, 1.82) is 0 Å². The minimum atomic E-state index is -3.74. The normalized spacial score (nSPS) is 11.5. The van der Waals surface area contributed by atoms with Gasteiger partial charge < -0.3 is 19.3 Å². The van der Waals surface area contributed by atoms with Gasteiger partial charge in [-0.05, 0) is 47.5 Å². The Morgan fingerprint density at radius 3 is 2.56 bits per heavy atom. The van der Waals surface area contributed by atoms with E-state index in [2.05, 4.69) is 30.5 Å². The third-order valence-electron chi connectivity index (χ3n) is 5.70. The number of aromatic nitrogens is 4. The molecule has 0 atom stereocenters. The van der Waals surface area contributed by atoms with Crippen LogP contribution in [0.2, 0.25) is 0 Å². The molecule has 0 aliphatic carbocycles. The van der Waals surface area contributed by atoms with Crippen LogP contribution in [0.5, 0.6) is 0 Å². The number of benzene rings is 2. The molecular formula is C26H25N7O5S. The van der Waals surface area contributed by atoms with Crippen molar-refractivity contribution in [2.24, 2.45) is 0 Å². The Hall–Kier alpha value is -4.59. The molecule has 0 radical (unpaired) electrons. The maximum absolute atomic E-state index is 12.4. The molecule has 5 rings (SSSR count). The number of carbonyl (C=O) groups is 1. The molecule has 0 unspecified atom stereocenters. The molecule has 5 aromatic rings. The number of anilines is 1. The van der Waals surface area contributed by atoms with Gasteiger partial charge in [0.25, 0.3) is 5.89 Å². The Labute approximate surface area is 223 Å². The number of aliphatic hydroxyl groups is 1. The van der Waals surface area contributed by atoms with Gasteiger partial charge in [0.2, 0.25) is 10.0 Å². The monoisotopic (exact) mass is 547 g/mol. The first-order valence-electron chi connectivity index (χ1n) is 12.0. The van der Waals surface area contributed by atoms with Gasteiger partial charge in [-0.2, -0.15) is 4.98 Å². The van der Waals surface area contributed by atoms with Gasteiger partial charge >= 0.3 is 6.03 Å². The summed E-state index contributed by atoms with van der Waals surface area (Å²) in [7, 11) is -3.74. The zero-order valence-electron chi connectivity index (χ0n) is 20.6. The first-order valence-corrected chi connectivity index (χ1v) is 13.5. The van der Waals surface area contributed by atoms with Crippen LogP contribution in [-0.2, 0) is 16.4 Å². The highest BCUT2D eigenvalue weighted by molar-refractivity contribution is 7.89. The number of nitrogens with one attached hydrogen (secondary N) is 3. The Kier molecular flexibility index (Phi) is 7.63. The number of carbonyl (C=O) groups excluding carboxylic acids is 1. The first kappa shape index (κ1) is 26.0. The summed E-state index contributed by atoms with van der Waals surface area (Å²) in [6.45, 7) is -0.0637. The van der Waals surface area contributed by atoms with Gasteiger partial charge in [-0.1, -0.05) is 35.5 Å². The molecule has 2 aromatic carbocycles. The van der Waals surface area contributed by atoms with Gasteiger partial charge in [0.1, 0.15) is 5.65 Å². The van der Waals surface area contributed by atoms with E-state index in [9.17, 15) is 13.2 Å². The van der Waals surface area contributed by atoms with Crippen molar-refractivity contribution >= 4 is 27.5 Å². The lowest BCUT2D eigenvalue weighted by atomic mass is 10.1. The topological polar surface area (TPSA) is 164 Å². The Morgan fingerprint density at radius 2 is 1.74 bits per heavy atom. The lowest BCUT2D eigenvalue weighted by Crippen LogP contribution is -2.30. The standard InChI is InChI=1S/C26H25N7O5S/c34-14-13-28-39(36,37)21-8-4-7-19(15-21)20-9-10-24-29-23(17-33(24)16-20)31-26(35)27-12-11-22-30-25(38-32-22)18-5-2-1-3-6-18/h1-10,15-17,28,34H,11-14H2,(H2,27,31,35). The van der Waals surface area contributed by atoms with Crippen molar-refractivity contribution in [1.82, 2.24) is 29.6 Å². The minimum absolute atomic E-state index is 0.0663. The summed E-state index contributed by atoms with van der Waals surface area (Å²) in [5, 5.41) is 18.3. The Morgan fingerprint density at radius 1 is 0.923 bits per heavy atom. The van der Waals surface area contributed by atoms with Crippen molar-refractivity contribution in [2.45, 2.75) is 11.3 Å². The summed E-state index contributed by atoms with van der Waals surface area (Å²) >= 11 is 0. The quantitative estimate of drug-likeness (QED) is 0.207. The van der Waals surface area contributed by atoms with Crippen LogP contribution in [0.4, 0.5) is 10.6 Å². The van der Waals surface area contributed by atoms with E-state index in [0.717, 1.165) is 11.1 Å². The number of imidazole rings is 1. The van der Waals surface area contributed by atoms with Crippen LogP contribution in [0.25, 0.3) is 28.2 Å². The highest BCUT2D eigenvalue weighted by atomic mass is 32.2. The summed E-state index contributed by atoms with van der Waals surface area (Å²) in [5.74, 6) is 1.25. The van der Waals surface area contributed by atoms with Crippen LogP contribution in [0.15, 0.2) is 88.5 Å². The number of pyridine rings is 1. The minimum Gasteiger partial charge on any atom is -0.395 e. The summed E-state index contributed by atoms with van der Waals surface area (Å²) in [6.07, 6.45) is 3.84. The van der Waals surface area contributed by atoms with Crippen LogP contribution < -0.4 is 15.4 Å². The number of rotatable bonds is 10. The molecule has 2 amide bonds. The second-order valence-electron chi connectivity index (χ2n) is 8.47. The molecule has 0 bridgehead atoms. The third kappa shape index (κ3) is 6.29. The van der Waals surface area contributed by atoms with Crippen molar-refractivity contribution < 1.29 is 22.8 Å². The van der Waals surface area contributed by atoms with Crippen molar-refractivity contribution in [3.63, 3.8) is 0 Å². The van der Waals surface area contributed by atoms with Gasteiger partial charge in [-0.15, -0.1) is 0 Å². The van der Waals surface area contributed by atoms with E-state index < -0.39 is 16.1 Å². The predicted molar refractivity (Wildman–Crippen MR) is 143 cm³/mol. The maximum atomic E-state index is 12.4. The maximum Gasteiger partial charge on any atom is 0.320 e. The highest BCUT2D eigenvalue weighted by Gasteiger charge is 2.15. The fourth-order valence-corrected chi connectivity index (χ4v) is 4.90. The number of urea groups is 1. The van der Waals surface area contributed by atoms with Crippen LogP contribution in [0.3, 0.4) is 0 Å². The zero-order chi connectivity index (χ0) is 27.2. The van der Waals surface area contributed by atoms with Crippen molar-refractivity contribution in [3.8, 4) is 22.6 Å². The molecule has 0 aliphatic heterocycles. The molecule has 4 N–H and O–H groups in total. The number of nitrogens with zero attached hydrogens (tertiary/aromatic N) is 4. The van der Waals surface area contributed by atoms with E-state index in [1.165, 1.54) is 6.07 Å². The number of amides is 2. The van der Waals surface area contributed by atoms with Crippen LogP contribution in [0.1, 0.15) is 5.82 Å². The van der Waals surface area contributed by atoms with Gasteiger partial charge in [-0.25, -0.2) is 22.9 Å². The molecule has 0 aliphatic rings. The van der Waals surface area contributed by atoms with E-state index >= 15 is 0 Å². The smallest absolute Gasteiger partial charge is 0.320 e. The average molecular weight is 548 g/mol. The van der Waals surface area contributed by atoms with Gasteiger partial charge in [-0.3, -0.25) is 5.32 Å². The second-order valence-corrected chi connectivity index (χ2v) is 10.2. The van der Waals surface area contributed by atoms with E-state index in [1.807, 2.05) is 36.4 Å². The third-order valence-corrected chi connectivity index (χ3v) is 7.16. The molecule has 3 aromatic heterocycles. The van der Waals surface area contributed by atoms with E-state index in [1.54, 1.807) is 41.1 Å². The predicted octanol–water partition coefficient (Wildman–Crippen LogP) is 2.69. The fraction of sp³-hybridized carbons (Fsp3) is 0.154. The zero-order valence-corrected chi connectivity index (χ0v) is 21.4. The molecule has 3 heterocycles. The number of hydrogen-bond donors (Lipinski definition) is 4. The lowest BCUT2D eigenvalue weighted by Gasteiger charge is -2.08. The summed E-state index contributed by atoms with van der Waals surface area (Å²) in [4.78, 5) is 21.2. The number of sulfonamides is 1. The largest absolute Gasteiger partial charge is 0.395 e. The lowest BCUT2D eigenvalue weighted by molar-refractivity contribution is 0.252. The summed E-state index contributed by atoms with van der Waals surface area (Å²) < 4.78 is 34.2. The van der Waals surface area contributed by atoms with E-state index in [-0.39, 0.29) is 18.0 Å². The van der Waals surface area contributed by atoms with E-state index in [0.29, 0.717) is 41.7 Å². The highest BCUT2D eigenvalue weighted by Crippen LogP contribution is 2.24. The van der Waals surface area contributed by atoms with Crippen molar-refractivity contribution in [2.75, 3.05) is 25.0 Å². The first-order chi connectivity index (χ1) is 18.9. The Bertz CT molecular complexity index is 1700. The molecule has 12 nitrogen and oxygen atoms in total. The molecule has 200 valence electrons. The fourth-order valence-electron chi connectivity index (χ4n) is 3.83. The van der Waals surface area contributed by atoms with Gasteiger partial charge in [0, 0.05) is 31.3 Å². The molecule has 0 saturated carbocycles. The number of aliphatic hydroxyl groups excluding tert-OH is 1. The number of hydrogen-bond acceptors (Lipinski definition) is 8. The van der Waals surface area contributed by atoms with Crippen LogP contribution in [0, 0.1) is 0 Å². The number of fused-ring (bicyclic) bond motifs is 1. The molecule has 0 spiro atoms. The summed E-state index contributed by atoms with van der Waals surface area (Å²) in [6, 6.07) is 19.1. The second kappa shape index (κ2) is 11.4. The van der Waals surface area contributed by atoms with Crippen LogP contribution in [-0.4, -0.2) is 58.8 Å². The molecule has 39 heavy (non-hydrogen) atoms. The van der Waals surface area contributed by atoms with Gasteiger partial charge in [0.05, 0.1) is 17.7 Å². The summed E-state index contributed by atoms with van der Waals surface area (Å²) in [5.41, 5.74) is 2.86. The van der Waals surface area contributed by atoms with Crippen molar-refractivity contribution in [3.05, 3.63) is 84.9 Å². The average Bonchev–Trinajstić information content (AvgIpc) is 3.59. The molecular weight excluding hydrogens is 522 g/mol.